The van der Waals surface area contributed by atoms with Gasteiger partial charge in [-0.1, -0.05) is 38.1 Å². The van der Waals surface area contributed by atoms with E-state index in [1.165, 1.54) is 22.9 Å². The molecule has 13 heteroatoms. The summed E-state index contributed by atoms with van der Waals surface area (Å²) in [6.45, 7) is 4.48. The maximum Gasteiger partial charge on any atom is 0.573 e. The van der Waals surface area contributed by atoms with Crippen molar-refractivity contribution in [1.29, 1.82) is 0 Å². The Morgan fingerprint density at radius 1 is 1.05 bits per heavy atom. The summed E-state index contributed by atoms with van der Waals surface area (Å²) >= 11 is 5.36. The van der Waals surface area contributed by atoms with Crippen LogP contribution in [-0.2, 0) is 6.54 Å². The average Bonchev–Trinajstić information content (AvgIpc) is 3.32. The number of nitrogens with one attached hydrogen (secondary N) is 4. The fourth-order valence-corrected chi connectivity index (χ4v) is 4.08. The van der Waals surface area contributed by atoms with Gasteiger partial charge in [-0.15, -0.1) is 18.3 Å². The van der Waals surface area contributed by atoms with E-state index in [0.29, 0.717) is 22.3 Å². The Morgan fingerprint density at radius 3 is 2.42 bits per heavy atom. The minimum Gasteiger partial charge on any atom is -0.406 e. The quantitative estimate of drug-likeness (QED) is 0.108. The van der Waals surface area contributed by atoms with Gasteiger partial charge in [0.1, 0.15) is 11.6 Å². The number of thiocarbonyl (C=S) groups is 1. The number of benzene rings is 3. The van der Waals surface area contributed by atoms with Crippen molar-refractivity contribution in [3.8, 4) is 22.8 Å². The van der Waals surface area contributed by atoms with Crippen LogP contribution >= 0.6 is 12.2 Å². The van der Waals surface area contributed by atoms with Crippen LogP contribution < -0.4 is 26.2 Å². The third-order valence-corrected chi connectivity index (χ3v) is 5.95. The topological polar surface area (TPSA) is 88.1 Å². The fraction of sp³-hybridized carbons (Fsp3) is 0.222. The van der Waals surface area contributed by atoms with Crippen molar-refractivity contribution in [3.05, 3.63) is 83.7 Å². The molecule has 0 saturated heterocycles. The van der Waals surface area contributed by atoms with Gasteiger partial charge in [0.25, 0.3) is 0 Å². The van der Waals surface area contributed by atoms with Gasteiger partial charge in [-0.25, -0.2) is 9.82 Å². The monoisotopic (exact) mass is 573 g/mol. The first-order valence-corrected chi connectivity index (χ1v) is 12.6. The first-order chi connectivity index (χ1) is 19.0. The van der Waals surface area contributed by atoms with E-state index < -0.39 is 12.2 Å². The minimum atomic E-state index is -4.80. The van der Waals surface area contributed by atoms with Crippen molar-refractivity contribution in [2.75, 3.05) is 17.7 Å². The van der Waals surface area contributed by atoms with Crippen LogP contribution in [0.3, 0.4) is 0 Å². The summed E-state index contributed by atoms with van der Waals surface area (Å²) < 4.78 is 57.7. The molecule has 0 aliphatic heterocycles. The molecule has 0 fully saturated rings. The number of para-hydroxylation sites is 1. The highest BCUT2D eigenvalue weighted by Gasteiger charge is 2.31. The van der Waals surface area contributed by atoms with Crippen molar-refractivity contribution in [3.63, 3.8) is 0 Å². The molecule has 1 aromatic heterocycles. The fourth-order valence-electron chi connectivity index (χ4n) is 3.90. The molecule has 0 radical (unpaired) electrons. The van der Waals surface area contributed by atoms with Gasteiger partial charge in [0.2, 0.25) is 5.95 Å². The number of aromatic nitrogens is 3. The summed E-state index contributed by atoms with van der Waals surface area (Å²) in [7, 11) is 1.60. The SMILES string of the molecule is CNc1nc(-c2ccc(CNNC(=S)Nc3ccccc3C(C)C)cc2F)nn1-c1ccc(OC(F)(F)F)cc1. The minimum absolute atomic E-state index is 0.101. The molecular weight excluding hydrogens is 546 g/mol. The Hall–Kier alpha value is -4.23. The zero-order chi connectivity index (χ0) is 28.9. The number of hydrazine groups is 1. The predicted molar refractivity (Wildman–Crippen MR) is 150 cm³/mol. The zero-order valence-corrected chi connectivity index (χ0v) is 22.6. The molecule has 3 aromatic carbocycles. The second-order valence-corrected chi connectivity index (χ2v) is 9.36. The average molecular weight is 574 g/mol. The number of rotatable bonds is 9. The molecule has 4 rings (SSSR count). The molecule has 0 unspecified atom stereocenters. The smallest absolute Gasteiger partial charge is 0.406 e. The van der Waals surface area contributed by atoms with Crippen molar-refractivity contribution in [2.45, 2.75) is 32.7 Å². The number of hydrogen-bond donors (Lipinski definition) is 4. The molecule has 0 bridgehead atoms. The molecule has 0 aliphatic carbocycles. The van der Waals surface area contributed by atoms with Gasteiger partial charge in [-0.05, 0) is 71.7 Å². The maximum absolute atomic E-state index is 15.1. The highest BCUT2D eigenvalue weighted by atomic mass is 32.1. The van der Waals surface area contributed by atoms with E-state index in [1.807, 2.05) is 24.3 Å². The third kappa shape index (κ3) is 7.24. The molecule has 8 nitrogen and oxygen atoms in total. The molecule has 40 heavy (non-hydrogen) atoms. The van der Waals surface area contributed by atoms with Gasteiger partial charge in [0.05, 0.1) is 11.3 Å². The zero-order valence-electron chi connectivity index (χ0n) is 21.8. The van der Waals surface area contributed by atoms with Gasteiger partial charge < -0.3 is 15.4 Å². The van der Waals surface area contributed by atoms with Crippen molar-refractivity contribution in [1.82, 2.24) is 25.6 Å². The molecule has 0 saturated carbocycles. The molecule has 210 valence electrons. The largest absolute Gasteiger partial charge is 0.573 e. The standard InChI is InChI=1S/C27H27F4N7OS/c1-16(2)20-6-4-5-7-23(20)34-26(40)36-33-15-17-8-13-21(22(28)14-17)24-35-25(32-3)38(37-24)18-9-11-19(12-10-18)39-27(29,30)31/h4-14,16,33H,15H2,1-3H3,(H,32,35,37)(H2,34,36,40). The van der Waals surface area contributed by atoms with E-state index in [9.17, 15) is 13.2 Å². The second-order valence-electron chi connectivity index (χ2n) is 8.95. The van der Waals surface area contributed by atoms with Gasteiger partial charge >= 0.3 is 6.36 Å². The van der Waals surface area contributed by atoms with Crippen LogP contribution in [0.15, 0.2) is 66.7 Å². The van der Waals surface area contributed by atoms with E-state index in [1.54, 1.807) is 19.2 Å². The van der Waals surface area contributed by atoms with Gasteiger partial charge in [0, 0.05) is 19.3 Å². The van der Waals surface area contributed by atoms with Crippen LogP contribution in [-0.4, -0.2) is 33.3 Å². The molecule has 1 heterocycles. The van der Waals surface area contributed by atoms with E-state index in [-0.39, 0.29) is 29.6 Å². The molecular formula is C27H27F4N7OS. The van der Waals surface area contributed by atoms with Crippen molar-refractivity contribution in [2.24, 2.45) is 0 Å². The third-order valence-electron chi connectivity index (χ3n) is 5.75. The van der Waals surface area contributed by atoms with Gasteiger partial charge in [-0.3, -0.25) is 5.43 Å². The van der Waals surface area contributed by atoms with Crippen LogP contribution in [0.25, 0.3) is 17.1 Å². The summed E-state index contributed by atoms with van der Waals surface area (Å²) in [6, 6.07) is 17.6. The summed E-state index contributed by atoms with van der Waals surface area (Å²) in [6.07, 6.45) is -4.80. The van der Waals surface area contributed by atoms with Crippen LogP contribution in [0.1, 0.15) is 30.9 Å². The highest BCUT2D eigenvalue weighted by Crippen LogP contribution is 2.27. The lowest BCUT2D eigenvalue weighted by Crippen LogP contribution is -2.39. The highest BCUT2D eigenvalue weighted by molar-refractivity contribution is 7.80. The number of nitrogens with zero attached hydrogens (tertiary/aromatic N) is 3. The van der Waals surface area contributed by atoms with E-state index in [4.69, 9.17) is 12.2 Å². The normalized spacial score (nSPS) is 11.4. The first kappa shape index (κ1) is 28.8. The summed E-state index contributed by atoms with van der Waals surface area (Å²) in [4.78, 5) is 4.33. The van der Waals surface area contributed by atoms with Gasteiger partial charge in [-0.2, -0.15) is 9.67 Å². The second kappa shape index (κ2) is 12.3. The predicted octanol–water partition coefficient (Wildman–Crippen LogP) is 6.13. The number of ether oxygens (including phenoxy) is 1. The number of hydrogen-bond acceptors (Lipinski definition) is 6. The molecule has 0 spiro atoms. The molecule has 0 atom stereocenters. The van der Waals surface area contributed by atoms with Crippen LogP contribution in [0.2, 0.25) is 0 Å². The van der Waals surface area contributed by atoms with Gasteiger partial charge in [0.15, 0.2) is 10.9 Å². The summed E-state index contributed by atoms with van der Waals surface area (Å²) in [5.41, 5.74) is 9.13. The van der Waals surface area contributed by atoms with Crippen LogP contribution in [0, 0.1) is 5.82 Å². The Labute approximate surface area is 233 Å². The lowest BCUT2D eigenvalue weighted by Gasteiger charge is -2.16. The van der Waals surface area contributed by atoms with Crippen LogP contribution in [0.5, 0.6) is 5.75 Å². The Morgan fingerprint density at radius 2 is 1.77 bits per heavy atom. The summed E-state index contributed by atoms with van der Waals surface area (Å²) in [5.74, 6) is -0.216. The number of halogens is 4. The Kier molecular flexibility index (Phi) is 8.85. The number of alkyl halides is 3. The van der Waals surface area contributed by atoms with Crippen LogP contribution in [0.4, 0.5) is 29.2 Å². The number of anilines is 2. The maximum atomic E-state index is 15.1. The van der Waals surface area contributed by atoms with Crippen molar-refractivity contribution < 1.29 is 22.3 Å². The molecule has 4 aromatic rings. The van der Waals surface area contributed by atoms with Crippen molar-refractivity contribution >= 4 is 29.0 Å². The van der Waals surface area contributed by atoms with E-state index in [0.717, 1.165) is 23.4 Å². The van der Waals surface area contributed by atoms with E-state index in [2.05, 4.69) is 50.2 Å². The Bertz CT molecular complexity index is 1470. The Balaban J connectivity index is 1.41. The van der Waals surface area contributed by atoms with E-state index >= 15 is 4.39 Å². The molecule has 4 N–H and O–H groups in total. The lowest BCUT2D eigenvalue weighted by molar-refractivity contribution is -0.274. The molecule has 0 amide bonds. The summed E-state index contributed by atoms with van der Waals surface area (Å²) in [5, 5.41) is 10.7. The molecule has 0 aliphatic rings. The lowest BCUT2D eigenvalue weighted by atomic mass is 10.0. The first-order valence-electron chi connectivity index (χ1n) is 12.2.